The van der Waals surface area contributed by atoms with Gasteiger partial charge in [-0.2, -0.15) is 4.31 Å². The van der Waals surface area contributed by atoms with Gasteiger partial charge in [0.1, 0.15) is 10.6 Å². The molecule has 1 fully saturated rings. The van der Waals surface area contributed by atoms with Crippen LogP contribution in [-0.2, 0) is 17.1 Å². The molecule has 0 saturated carbocycles. The van der Waals surface area contributed by atoms with Crippen molar-refractivity contribution in [2.24, 2.45) is 7.05 Å². The quantitative estimate of drug-likeness (QED) is 0.786. The summed E-state index contributed by atoms with van der Waals surface area (Å²) in [5.74, 6) is -0.339. The number of aryl methyl sites for hydroxylation is 1. The normalized spacial score (nSPS) is 20.2. The number of rotatable bonds is 4. The first-order valence-corrected chi connectivity index (χ1v) is 7.87. The third kappa shape index (κ3) is 2.46. The summed E-state index contributed by atoms with van der Waals surface area (Å²) in [5.41, 5.74) is 0.283. The van der Waals surface area contributed by atoms with E-state index in [4.69, 9.17) is 0 Å². The van der Waals surface area contributed by atoms with Crippen LogP contribution in [0.25, 0.3) is 0 Å². The molecule has 0 radical (unpaired) electrons. The Labute approximate surface area is 118 Å². The standard InChI is InChI=1S/C12H19N3O4S/c1-13-12(17)11-6-10(7-14(11)2)20(18,19)15-5-3-4-9(15)8-16/h6-7,9,16H,3-5,8H2,1-2H3,(H,13,17)/t9-/m0/s1. The number of aliphatic hydroxyl groups is 1. The van der Waals surface area contributed by atoms with E-state index in [1.54, 1.807) is 7.05 Å². The predicted octanol–water partition coefficient (Wildman–Crippen LogP) is -0.470. The average molecular weight is 301 g/mol. The zero-order valence-corrected chi connectivity index (χ0v) is 12.4. The number of amides is 1. The molecule has 1 aromatic heterocycles. The monoisotopic (exact) mass is 301 g/mol. The smallest absolute Gasteiger partial charge is 0.267 e. The van der Waals surface area contributed by atoms with E-state index in [9.17, 15) is 18.3 Å². The van der Waals surface area contributed by atoms with Crippen LogP contribution in [0.3, 0.4) is 0 Å². The van der Waals surface area contributed by atoms with Gasteiger partial charge in [0, 0.05) is 32.9 Å². The Kier molecular flexibility index (Phi) is 4.17. The number of hydrogen-bond donors (Lipinski definition) is 2. The third-order valence-corrected chi connectivity index (χ3v) is 5.50. The van der Waals surface area contributed by atoms with E-state index in [0.29, 0.717) is 13.0 Å². The second-order valence-corrected chi connectivity index (χ2v) is 6.74. The van der Waals surface area contributed by atoms with E-state index in [-0.39, 0.29) is 29.1 Å². The minimum absolute atomic E-state index is 0.0824. The number of aliphatic hydroxyl groups excluding tert-OH is 1. The Morgan fingerprint density at radius 2 is 2.25 bits per heavy atom. The van der Waals surface area contributed by atoms with E-state index < -0.39 is 10.0 Å². The van der Waals surface area contributed by atoms with Crippen molar-refractivity contribution < 1.29 is 18.3 Å². The predicted molar refractivity (Wildman–Crippen MR) is 72.8 cm³/mol. The van der Waals surface area contributed by atoms with E-state index in [1.165, 1.54) is 28.2 Å². The van der Waals surface area contributed by atoms with E-state index in [1.807, 2.05) is 0 Å². The zero-order valence-electron chi connectivity index (χ0n) is 11.5. The maximum atomic E-state index is 12.6. The molecule has 0 bridgehead atoms. The fourth-order valence-electron chi connectivity index (χ4n) is 2.47. The highest BCUT2D eigenvalue weighted by atomic mass is 32.2. The van der Waals surface area contributed by atoms with Crippen LogP contribution in [0, 0.1) is 0 Å². The molecular formula is C12H19N3O4S. The zero-order chi connectivity index (χ0) is 14.9. The Bertz CT molecular complexity index is 608. The van der Waals surface area contributed by atoms with Gasteiger partial charge in [-0.25, -0.2) is 8.42 Å². The molecule has 0 spiro atoms. The summed E-state index contributed by atoms with van der Waals surface area (Å²) in [4.78, 5) is 11.7. The van der Waals surface area contributed by atoms with Gasteiger partial charge in [-0.3, -0.25) is 4.79 Å². The summed E-state index contributed by atoms with van der Waals surface area (Å²) in [6.45, 7) is 0.214. The molecule has 0 unspecified atom stereocenters. The van der Waals surface area contributed by atoms with Crippen LogP contribution in [-0.4, -0.2) is 54.5 Å². The molecule has 1 aromatic rings. The Hall–Kier alpha value is -1.38. The molecular weight excluding hydrogens is 282 g/mol. The lowest BCUT2D eigenvalue weighted by Crippen LogP contribution is -2.37. The highest BCUT2D eigenvalue weighted by molar-refractivity contribution is 7.89. The summed E-state index contributed by atoms with van der Waals surface area (Å²) in [7, 11) is -0.557. The summed E-state index contributed by atoms with van der Waals surface area (Å²) in [6, 6.07) is 0.990. The van der Waals surface area contributed by atoms with Gasteiger partial charge >= 0.3 is 0 Å². The van der Waals surface area contributed by atoms with Gasteiger partial charge in [-0.05, 0) is 18.9 Å². The molecule has 20 heavy (non-hydrogen) atoms. The van der Waals surface area contributed by atoms with Crippen molar-refractivity contribution >= 4 is 15.9 Å². The molecule has 1 aliphatic rings. The second-order valence-electron chi connectivity index (χ2n) is 4.85. The lowest BCUT2D eigenvalue weighted by molar-refractivity contribution is 0.0955. The first-order chi connectivity index (χ1) is 9.41. The van der Waals surface area contributed by atoms with Crippen LogP contribution < -0.4 is 5.32 Å². The van der Waals surface area contributed by atoms with E-state index >= 15 is 0 Å². The van der Waals surface area contributed by atoms with Gasteiger partial charge in [0.2, 0.25) is 10.0 Å². The van der Waals surface area contributed by atoms with Crippen molar-refractivity contribution in [1.82, 2.24) is 14.2 Å². The van der Waals surface area contributed by atoms with Crippen molar-refractivity contribution in [2.75, 3.05) is 20.2 Å². The van der Waals surface area contributed by atoms with Crippen molar-refractivity contribution in [3.63, 3.8) is 0 Å². The molecule has 0 aromatic carbocycles. The molecule has 1 amide bonds. The van der Waals surface area contributed by atoms with Crippen molar-refractivity contribution in [1.29, 1.82) is 0 Å². The summed E-state index contributed by atoms with van der Waals surface area (Å²) >= 11 is 0. The van der Waals surface area contributed by atoms with E-state index in [0.717, 1.165) is 6.42 Å². The molecule has 2 heterocycles. The molecule has 2 rings (SSSR count). The number of nitrogens with one attached hydrogen (secondary N) is 1. The third-order valence-electron chi connectivity index (χ3n) is 3.58. The van der Waals surface area contributed by atoms with Crippen molar-refractivity contribution in [3.8, 4) is 0 Å². The minimum atomic E-state index is -3.67. The maximum absolute atomic E-state index is 12.6. The molecule has 1 atom stereocenters. The maximum Gasteiger partial charge on any atom is 0.267 e. The number of nitrogens with zero attached hydrogens (tertiary/aromatic N) is 2. The SMILES string of the molecule is CNC(=O)c1cc(S(=O)(=O)N2CCC[C@H]2CO)cn1C. The Balaban J connectivity index is 2.37. The molecule has 7 nitrogen and oxygen atoms in total. The van der Waals surface area contributed by atoms with Gasteiger partial charge in [0.15, 0.2) is 0 Å². The van der Waals surface area contributed by atoms with Crippen molar-refractivity contribution in [2.45, 2.75) is 23.8 Å². The molecule has 0 aliphatic carbocycles. The van der Waals surface area contributed by atoms with Gasteiger partial charge in [-0.15, -0.1) is 0 Å². The summed E-state index contributed by atoms with van der Waals surface area (Å²) in [6.07, 6.45) is 2.82. The average Bonchev–Trinajstić information content (AvgIpc) is 3.04. The van der Waals surface area contributed by atoms with Gasteiger partial charge in [-0.1, -0.05) is 0 Å². The van der Waals surface area contributed by atoms with Crippen LogP contribution in [0.15, 0.2) is 17.2 Å². The first-order valence-electron chi connectivity index (χ1n) is 6.43. The molecule has 112 valence electrons. The van der Waals surface area contributed by atoms with Crippen LogP contribution >= 0.6 is 0 Å². The number of carbonyl (C=O) groups excluding carboxylic acids is 1. The molecule has 1 saturated heterocycles. The Morgan fingerprint density at radius 1 is 1.55 bits per heavy atom. The fraction of sp³-hybridized carbons (Fsp3) is 0.583. The van der Waals surface area contributed by atoms with Crippen LogP contribution in [0.1, 0.15) is 23.3 Å². The minimum Gasteiger partial charge on any atom is -0.395 e. The van der Waals surface area contributed by atoms with E-state index in [2.05, 4.69) is 5.32 Å². The van der Waals surface area contributed by atoms with Crippen LogP contribution in [0.2, 0.25) is 0 Å². The molecule has 8 heteroatoms. The molecule has 2 N–H and O–H groups in total. The first kappa shape index (κ1) is 15.0. The van der Waals surface area contributed by atoms with Gasteiger partial charge in [0.25, 0.3) is 5.91 Å². The Morgan fingerprint density at radius 3 is 2.85 bits per heavy atom. The van der Waals surface area contributed by atoms with Crippen LogP contribution in [0.4, 0.5) is 0 Å². The molecule has 1 aliphatic heterocycles. The number of sulfonamides is 1. The lowest BCUT2D eigenvalue weighted by atomic mass is 10.2. The lowest BCUT2D eigenvalue weighted by Gasteiger charge is -2.21. The highest BCUT2D eigenvalue weighted by Gasteiger charge is 2.35. The topological polar surface area (TPSA) is 91.6 Å². The largest absolute Gasteiger partial charge is 0.395 e. The van der Waals surface area contributed by atoms with Crippen LogP contribution in [0.5, 0.6) is 0 Å². The van der Waals surface area contributed by atoms with Gasteiger partial charge in [0.05, 0.1) is 6.61 Å². The van der Waals surface area contributed by atoms with Gasteiger partial charge < -0.3 is 15.0 Å². The number of aromatic nitrogens is 1. The number of carbonyl (C=O) groups is 1. The summed E-state index contributed by atoms with van der Waals surface area (Å²) < 4.78 is 27.9. The number of hydrogen-bond acceptors (Lipinski definition) is 4. The fourth-order valence-corrected chi connectivity index (χ4v) is 4.23. The highest BCUT2D eigenvalue weighted by Crippen LogP contribution is 2.26. The summed E-state index contributed by atoms with van der Waals surface area (Å²) in [5, 5.41) is 11.7. The van der Waals surface area contributed by atoms with Crippen molar-refractivity contribution in [3.05, 3.63) is 18.0 Å². The second kappa shape index (κ2) is 5.55.